The standard InChI is InChI=1S/C32H28FN7O3/c1-20(41)35-28-11-9-25(18-27(28)33)37-32(42)36-24-7-4-21(5-8-24)30-38-29-17-22(23-3-2-12-34-19-23)6-10-26(29)31(39-30)40-13-15-43-16-14-40/h2-12,17-19H,13-16H2,1H3,(H,35,41)(H2,36,37,42). The van der Waals surface area contributed by atoms with E-state index >= 15 is 0 Å². The number of ether oxygens (including phenoxy) is 1. The number of anilines is 4. The van der Waals surface area contributed by atoms with Gasteiger partial charge in [0.25, 0.3) is 0 Å². The third-order valence-electron chi connectivity index (χ3n) is 6.92. The Bertz CT molecular complexity index is 1790. The van der Waals surface area contributed by atoms with Crippen LogP contribution in [0.25, 0.3) is 33.4 Å². The van der Waals surface area contributed by atoms with Crippen LogP contribution in [0.5, 0.6) is 0 Å². The van der Waals surface area contributed by atoms with Crippen LogP contribution in [0.15, 0.2) is 85.2 Å². The van der Waals surface area contributed by atoms with Crippen molar-refractivity contribution in [3.63, 3.8) is 0 Å². The number of pyridine rings is 1. The van der Waals surface area contributed by atoms with E-state index in [2.05, 4.69) is 38.0 Å². The molecule has 3 aromatic carbocycles. The number of aromatic nitrogens is 3. The number of benzene rings is 3. The van der Waals surface area contributed by atoms with E-state index in [1.165, 1.54) is 19.1 Å². The Morgan fingerprint density at radius 3 is 2.30 bits per heavy atom. The summed E-state index contributed by atoms with van der Waals surface area (Å²) in [4.78, 5) is 40.1. The van der Waals surface area contributed by atoms with Crippen molar-refractivity contribution in [1.82, 2.24) is 15.0 Å². The molecule has 1 aliphatic rings. The number of rotatable bonds is 6. The van der Waals surface area contributed by atoms with E-state index in [9.17, 15) is 14.0 Å². The van der Waals surface area contributed by atoms with Gasteiger partial charge in [-0.15, -0.1) is 0 Å². The van der Waals surface area contributed by atoms with Crippen LogP contribution < -0.4 is 20.9 Å². The van der Waals surface area contributed by atoms with Crippen LogP contribution in [0.1, 0.15) is 6.92 Å². The molecule has 1 fully saturated rings. The minimum Gasteiger partial charge on any atom is -0.378 e. The Hall–Kier alpha value is -5.42. The first-order chi connectivity index (χ1) is 20.9. The minimum absolute atomic E-state index is 0.0371. The number of carbonyl (C=O) groups is 2. The molecule has 2 aromatic heterocycles. The molecule has 216 valence electrons. The van der Waals surface area contributed by atoms with Crippen molar-refractivity contribution in [2.75, 3.05) is 47.2 Å². The predicted molar refractivity (Wildman–Crippen MR) is 165 cm³/mol. The number of nitrogens with one attached hydrogen (secondary N) is 3. The van der Waals surface area contributed by atoms with E-state index in [-0.39, 0.29) is 17.3 Å². The van der Waals surface area contributed by atoms with Crippen molar-refractivity contribution in [3.8, 4) is 22.5 Å². The van der Waals surface area contributed by atoms with Crippen molar-refractivity contribution in [2.45, 2.75) is 6.92 Å². The van der Waals surface area contributed by atoms with Gasteiger partial charge in [-0.25, -0.2) is 19.2 Å². The van der Waals surface area contributed by atoms with Crippen LogP contribution in [0.3, 0.4) is 0 Å². The predicted octanol–water partition coefficient (Wildman–Crippen LogP) is 5.94. The number of nitrogens with zero attached hydrogens (tertiary/aromatic N) is 4. The van der Waals surface area contributed by atoms with Crippen molar-refractivity contribution < 1.29 is 18.7 Å². The van der Waals surface area contributed by atoms with Gasteiger partial charge in [0.15, 0.2) is 5.82 Å². The molecule has 3 amide bonds. The van der Waals surface area contributed by atoms with Crippen LogP contribution in [-0.4, -0.2) is 53.2 Å². The highest BCUT2D eigenvalue weighted by molar-refractivity contribution is 6.00. The number of hydrogen-bond acceptors (Lipinski definition) is 7. The lowest BCUT2D eigenvalue weighted by Gasteiger charge is -2.29. The van der Waals surface area contributed by atoms with Crippen LogP contribution >= 0.6 is 0 Å². The number of carbonyl (C=O) groups excluding carboxylic acids is 2. The van der Waals surface area contributed by atoms with Gasteiger partial charge in [0.05, 0.1) is 24.4 Å². The highest BCUT2D eigenvalue weighted by atomic mass is 19.1. The molecule has 0 unspecified atom stereocenters. The van der Waals surface area contributed by atoms with E-state index in [0.29, 0.717) is 24.7 Å². The first-order valence-electron chi connectivity index (χ1n) is 13.7. The van der Waals surface area contributed by atoms with Gasteiger partial charge >= 0.3 is 6.03 Å². The van der Waals surface area contributed by atoms with E-state index < -0.39 is 11.8 Å². The van der Waals surface area contributed by atoms with Gasteiger partial charge < -0.3 is 25.6 Å². The monoisotopic (exact) mass is 577 g/mol. The van der Waals surface area contributed by atoms with Crippen LogP contribution in [0.4, 0.5) is 32.1 Å². The molecule has 0 radical (unpaired) electrons. The van der Waals surface area contributed by atoms with Crippen LogP contribution in [0, 0.1) is 5.82 Å². The maximum Gasteiger partial charge on any atom is 0.323 e. The minimum atomic E-state index is -0.656. The van der Waals surface area contributed by atoms with Gasteiger partial charge in [-0.1, -0.05) is 12.1 Å². The van der Waals surface area contributed by atoms with Gasteiger partial charge in [0.1, 0.15) is 11.6 Å². The number of urea groups is 1. The van der Waals surface area contributed by atoms with Crippen molar-refractivity contribution in [3.05, 3.63) is 91.0 Å². The molecule has 0 atom stereocenters. The van der Waals surface area contributed by atoms with Gasteiger partial charge in [-0.3, -0.25) is 9.78 Å². The summed E-state index contributed by atoms with van der Waals surface area (Å²) in [5.41, 5.74) is 4.41. The zero-order valence-corrected chi connectivity index (χ0v) is 23.3. The van der Waals surface area contributed by atoms with Crippen molar-refractivity contribution in [1.29, 1.82) is 0 Å². The Labute approximate surface area is 247 Å². The summed E-state index contributed by atoms with van der Waals surface area (Å²) in [5.74, 6) is 0.362. The largest absolute Gasteiger partial charge is 0.378 e. The summed E-state index contributed by atoms with van der Waals surface area (Å²) >= 11 is 0. The molecular formula is C32H28FN7O3. The first kappa shape index (κ1) is 27.7. The average Bonchev–Trinajstić information content (AvgIpc) is 3.02. The summed E-state index contributed by atoms with van der Waals surface area (Å²) in [5, 5.41) is 8.68. The lowest BCUT2D eigenvalue weighted by Crippen LogP contribution is -2.37. The van der Waals surface area contributed by atoms with Crippen LogP contribution in [0.2, 0.25) is 0 Å². The molecule has 10 nitrogen and oxygen atoms in total. The highest BCUT2D eigenvalue weighted by Crippen LogP contribution is 2.32. The Morgan fingerprint density at radius 1 is 0.837 bits per heavy atom. The summed E-state index contributed by atoms with van der Waals surface area (Å²) in [7, 11) is 0. The van der Waals surface area contributed by atoms with Gasteiger partial charge in [-0.05, 0) is 66.2 Å². The maximum absolute atomic E-state index is 14.2. The number of amides is 3. The topological polar surface area (TPSA) is 121 Å². The molecule has 1 aliphatic heterocycles. The molecule has 5 aromatic rings. The summed E-state index contributed by atoms with van der Waals surface area (Å²) in [6.45, 7) is 4.01. The Morgan fingerprint density at radius 2 is 1.58 bits per heavy atom. The third-order valence-corrected chi connectivity index (χ3v) is 6.92. The normalized spacial score (nSPS) is 13.0. The smallest absolute Gasteiger partial charge is 0.323 e. The Kier molecular flexibility index (Phi) is 7.88. The molecule has 0 spiro atoms. The summed E-state index contributed by atoms with van der Waals surface area (Å²) in [6.07, 6.45) is 3.57. The van der Waals surface area contributed by atoms with E-state index in [4.69, 9.17) is 14.7 Å². The Balaban J connectivity index is 1.24. The third kappa shape index (κ3) is 6.41. The molecule has 1 saturated heterocycles. The summed E-state index contributed by atoms with van der Waals surface area (Å²) in [6, 6.07) is 20.7. The lowest BCUT2D eigenvalue weighted by atomic mass is 10.0. The van der Waals surface area contributed by atoms with Gasteiger partial charge in [0.2, 0.25) is 5.91 Å². The molecule has 3 heterocycles. The second-order valence-corrected chi connectivity index (χ2v) is 9.98. The molecular weight excluding hydrogens is 549 g/mol. The van der Waals surface area contributed by atoms with E-state index in [0.717, 1.165) is 52.6 Å². The van der Waals surface area contributed by atoms with Gasteiger partial charge in [-0.2, -0.15) is 0 Å². The average molecular weight is 578 g/mol. The number of morpholine rings is 1. The van der Waals surface area contributed by atoms with Crippen molar-refractivity contribution in [2.24, 2.45) is 0 Å². The lowest BCUT2D eigenvalue weighted by molar-refractivity contribution is -0.114. The second-order valence-electron chi connectivity index (χ2n) is 9.98. The van der Waals surface area contributed by atoms with Gasteiger partial charge in [0, 0.05) is 60.3 Å². The fraction of sp³-hybridized carbons (Fsp3) is 0.156. The molecule has 6 rings (SSSR count). The van der Waals surface area contributed by atoms with Crippen LogP contribution in [-0.2, 0) is 9.53 Å². The van der Waals surface area contributed by atoms with E-state index in [1.807, 2.05) is 36.5 Å². The molecule has 0 aliphatic carbocycles. The number of fused-ring (bicyclic) bond motifs is 1. The fourth-order valence-corrected chi connectivity index (χ4v) is 4.85. The highest BCUT2D eigenvalue weighted by Gasteiger charge is 2.19. The zero-order valence-electron chi connectivity index (χ0n) is 23.3. The SMILES string of the molecule is CC(=O)Nc1ccc(NC(=O)Nc2ccc(-c3nc(N4CCOCC4)c4ccc(-c5cccnc5)cc4n3)cc2)cc1F. The maximum atomic E-state index is 14.2. The summed E-state index contributed by atoms with van der Waals surface area (Å²) < 4.78 is 19.8. The fourth-order valence-electron chi connectivity index (χ4n) is 4.85. The number of halogens is 1. The molecule has 0 saturated carbocycles. The zero-order chi connectivity index (χ0) is 29.8. The molecule has 43 heavy (non-hydrogen) atoms. The van der Waals surface area contributed by atoms with Crippen molar-refractivity contribution >= 4 is 45.7 Å². The second kappa shape index (κ2) is 12.2. The quantitative estimate of drug-likeness (QED) is 0.228. The van der Waals surface area contributed by atoms with E-state index in [1.54, 1.807) is 18.3 Å². The number of hydrogen-bond donors (Lipinski definition) is 3. The molecule has 3 N–H and O–H groups in total. The molecule has 0 bridgehead atoms. The molecule has 11 heteroatoms. The first-order valence-corrected chi connectivity index (χ1v) is 13.7.